The fourth-order valence-electron chi connectivity index (χ4n) is 3.71. The van der Waals surface area contributed by atoms with Crippen molar-refractivity contribution in [1.82, 2.24) is 9.88 Å². The third kappa shape index (κ3) is 3.82. The molecule has 3 aromatic rings. The molecule has 0 saturated carbocycles. The van der Waals surface area contributed by atoms with Crippen molar-refractivity contribution < 1.29 is 4.79 Å². The normalized spacial score (nSPS) is 15.8. The second kappa shape index (κ2) is 7.67. The highest BCUT2D eigenvalue weighted by atomic mass is 35.5. The molecule has 1 amide bonds. The lowest BCUT2D eigenvalue weighted by atomic mass is 9.89. The topological polar surface area (TPSA) is 45.2 Å². The summed E-state index contributed by atoms with van der Waals surface area (Å²) in [6, 6.07) is 13.5. The highest BCUT2D eigenvalue weighted by molar-refractivity contribution is 6.36. The van der Waals surface area contributed by atoms with Crippen molar-refractivity contribution in [2.24, 2.45) is 0 Å². The highest BCUT2D eigenvalue weighted by Gasteiger charge is 2.18. The van der Waals surface area contributed by atoms with Gasteiger partial charge in [0.15, 0.2) is 0 Å². The average molecular weight is 380 g/mol. The number of pyridine rings is 1. The monoisotopic (exact) mass is 379 g/mol. The number of nitrogens with zero attached hydrogens (tertiary/aromatic N) is 2. The van der Waals surface area contributed by atoms with Gasteiger partial charge in [0.05, 0.1) is 5.02 Å². The quantitative estimate of drug-likeness (QED) is 0.700. The van der Waals surface area contributed by atoms with Gasteiger partial charge in [0, 0.05) is 34.4 Å². The Kier molecular flexibility index (Phi) is 5.10. The van der Waals surface area contributed by atoms with Crippen molar-refractivity contribution in [2.45, 2.75) is 18.8 Å². The summed E-state index contributed by atoms with van der Waals surface area (Å²) in [4.78, 5) is 19.2. The number of fused-ring (bicyclic) bond motifs is 1. The molecule has 0 bridgehead atoms. The molecule has 1 aromatic heterocycles. The third-order valence-electron chi connectivity index (χ3n) is 5.38. The van der Waals surface area contributed by atoms with Crippen LogP contribution in [0.4, 0.5) is 5.69 Å². The number of hydrogen-bond donors (Lipinski definition) is 1. The Morgan fingerprint density at radius 1 is 1.07 bits per heavy atom. The third-order valence-corrected chi connectivity index (χ3v) is 5.71. The first-order chi connectivity index (χ1) is 13.1. The molecule has 1 N–H and O–H groups in total. The Hall–Kier alpha value is -2.43. The predicted octanol–water partition coefficient (Wildman–Crippen LogP) is 4.95. The Labute approximate surface area is 164 Å². The van der Waals surface area contributed by atoms with Crippen molar-refractivity contribution in [1.29, 1.82) is 0 Å². The summed E-state index contributed by atoms with van der Waals surface area (Å²) < 4.78 is 0. The molecule has 4 nitrogen and oxygen atoms in total. The van der Waals surface area contributed by atoms with E-state index in [1.807, 2.05) is 24.3 Å². The van der Waals surface area contributed by atoms with Crippen LogP contribution in [-0.2, 0) is 0 Å². The van der Waals surface area contributed by atoms with Gasteiger partial charge in [-0.2, -0.15) is 0 Å². The summed E-state index contributed by atoms with van der Waals surface area (Å²) in [6.45, 7) is 2.26. The van der Waals surface area contributed by atoms with Gasteiger partial charge in [-0.3, -0.25) is 9.78 Å². The van der Waals surface area contributed by atoms with E-state index in [-0.39, 0.29) is 5.91 Å². The van der Waals surface area contributed by atoms with E-state index in [9.17, 15) is 4.79 Å². The Morgan fingerprint density at radius 2 is 1.81 bits per heavy atom. The molecule has 0 unspecified atom stereocenters. The Morgan fingerprint density at radius 3 is 2.56 bits per heavy atom. The van der Waals surface area contributed by atoms with Crippen LogP contribution in [0.25, 0.3) is 10.8 Å². The van der Waals surface area contributed by atoms with Gasteiger partial charge >= 0.3 is 0 Å². The average Bonchev–Trinajstić information content (AvgIpc) is 2.71. The van der Waals surface area contributed by atoms with Crippen LogP contribution in [0, 0.1) is 0 Å². The minimum Gasteiger partial charge on any atom is -0.321 e. The van der Waals surface area contributed by atoms with Crippen molar-refractivity contribution >= 4 is 34.0 Å². The van der Waals surface area contributed by atoms with Gasteiger partial charge in [-0.25, -0.2) is 0 Å². The summed E-state index contributed by atoms with van der Waals surface area (Å²) in [7, 11) is 2.17. The molecule has 2 heterocycles. The first-order valence-electron chi connectivity index (χ1n) is 9.24. The number of amides is 1. The molecule has 0 spiro atoms. The molecule has 0 atom stereocenters. The number of rotatable bonds is 3. The van der Waals surface area contributed by atoms with Crippen LogP contribution in [-0.4, -0.2) is 35.9 Å². The van der Waals surface area contributed by atoms with E-state index in [0.717, 1.165) is 29.5 Å². The molecule has 4 rings (SSSR count). The van der Waals surface area contributed by atoms with E-state index in [1.165, 1.54) is 18.4 Å². The summed E-state index contributed by atoms with van der Waals surface area (Å²) in [6.07, 6.45) is 5.76. The second-order valence-electron chi connectivity index (χ2n) is 7.17. The number of benzene rings is 2. The van der Waals surface area contributed by atoms with Crippen LogP contribution in [0.3, 0.4) is 0 Å². The van der Waals surface area contributed by atoms with Gasteiger partial charge in [0.25, 0.3) is 5.91 Å². The zero-order valence-corrected chi connectivity index (χ0v) is 16.0. The smallest absolute Gasteiger partial charge is 0.255 e. The molecule has 138 valence electrons. The minimum atomic E-state index is -0.120. The molecule has 1 aliphatic heterocycles. The van der Waals surface area contributed by atoms with Crippen molar-refractivity contribution in [2.75, 3.05) is 25.5 Å². The van der Waals surface area contributed by atoms with Gasteiger partial charge in [-0.1, -0.05) is 23.7 Å². The number of aromatic nitrogens is 1. The fraction of sp³-hybridized carbons (Fsp3) is 0.273. The van der Waals surface area contributed by atoms with Crippen molar-refractivity contribution in [3.05, 3.63) is 71.0 Å². The molecule has 1 fully saturated rings. The predicted molar refractivity (Wildman–Crippen MR) is 111 cm³/mol. The lowest BCUT2D eigenvalue weighted by Crippen LogP contribution is -2.29. The lowest BCUT2D eigenvalue weighted by molar-refractivity contribution is 0.102. The number of piperidine rings is 1. The van der Waals surface area contributed by atoms with Crippen LogP contribution in [0.5, 0.6) is 0 Å². The van der Waals surface area contributed by atoms with Crippen LogP contribution in [0.15, 0.2) is 54.9 Å². The van der Waals surface area contributed by atoms with Gasteiger partial charge in [0.2, 0.25) is 0 Å². The Balaban J connectivity index is 1.51. The summed E-state index contributed by atoms with van der Waals surface area (Å²) in [5.41, 5.74) is 2.72. The lowest BCUT2D eigenvalue weighted by Gasteiger charge is -2.29. The molecule has 27 heavy (non-hydrogen) atoms. The first kappa shape index (κ1) is 18.0. The summed E-state index contributed by atoms with van der Waals surface area (Å²) >= 11 is 6.23. The number of carbonyl (C=O) groups excluding carboxylic acids is 1. The highest BCUT2D eigenvalue weighted by Crippen LogP contribution is 2.30. The second-order valence-corrected chi connectivity index (χ2v) is 7.58. The van der Waals surface area contributed by atoms with E-state index in [1.54, 1.807) is 18.5 Å². The van der Waals surface area contributed by atoms with Gasteiger partial charge in [0.1, 0.15) is 0 Å². The first-order valence-corrected chi connectivity index (χ1v) is 9.62. The molecule has 0 radical (unpaired) electrons. The number of anilines is 1. The minimum absolute atomic E-state index is 0.120. The van der Waals surface area contributed by atoms with Crippen LogP contribution in [0.1, 0.15) is 34.7 Å². The molecule has 5 heteroatoms. The summed E-state index contributed by atoms with van der Waals surface area (Å²) in [5, 5.41) is 5.34. The molecular formula is C22H22ClN3O. The van der Waals surface area contributed by atoms with E-state index in [0.29, 0.717) is 16.5 Å². The van der Waals surface area contributed by atoms with E-state index in [2.05, 4.69) is 34.4 Å². The maximum atomic E-state index is 12.7. The Bertz CT molecular complexity index is 963. The van der Waals surface area contributed by atoms with Crippen molar-refractivity contribution in [3.8, 4) is 0 Å². The largest absolute Gasteiger partial charge is 0.321 e. The van der Waals surface area contributed by atoms with Gasteiger partial charge in [-0.15, -0.1) is 0 Å². The maximum Gasteiger partial charge on any atom is 0.255 e. The molecular weight excluding hydrogens is 358 g/mol. The number of nitrogens with one attached hydrogen (secondary N) is 1. The number of halogens is 1. The molecule has 0 aliphatic carbocycles. The van der Waals surface area contributed by atoms with Gasteiger partial charge < -0.3 is 10.2 Å². The van der Waals surface area contributed by atoms with E-state index in [4.69, 9.17) is 11.6 Å². The van der Waals surface area contributed by atoms with Crippen LogP contribution < -0.4 is 5.32 Å². The SMILES string of the molecule is CN1CCC(c2ccc(C(=O)Nc3ccc(Cl)c4cnccc34)cc2)CC1. The molecule has 1 saturated heterocycles. The number of likely N-dealkylation sites (tertiary alicyclic amines) is 1. The standard InChI is InChI=1S/C22H22ClN3O/c1-26-12-9-16(10-13-26)15-2-4-17(5-3-15)22(27)25-21-7-6-20(23)19-14-24-11-8-18(19)21/h2-8,11,14,16H,9-10,12-13H2,1H3,(H,25,27). The van der Waals surface area contributed by atoms with Crippen molar-refractivity contribution in [3.63, 3.8) is 0 Å². The number of carbonyl (C=O) groups is 1. The number of hydrogen-bond acceptors (Lipinski definition) is 3. The van der Waals surface area contributed by atoms with Crippen LogP contribution >= 0.6 is 11.6 Å². The zero-order valence-electron chi connectivity index (χ0n) is 15.3. The van der Waals surface area contributed by atoms with Gasteiger partial charge in [-0.05, 0) is 74.8 Å². The maximum absolute atomic E-state index is 12.7. The van der Waals surface area contributed by atoms with E-state index < -0.39 is 0 Å². The molecule has 2 aromatic carbocycles. The zero-order chi connectivity index (χ0) is 18.8. The fourth-order valence-corrected chi connectivity index (χ4v) is 3.92. The molecule has 1 aliphatic rings. The van der Waals surface area contributed by atoms with Crippen LogP contribution in [0.2, 0.25) is 5.02 Å². The summed E-state index contributed by atoms with van der Waals surface area (Å²) in [5.74, 6) is 0.469. The van der Waals surface area contributed by atoms with E-state index >= 15 is 0 Å².